The third-order valence-electron chi connectivity index (χ3n) is 2.76. The highest BCUT2D eigenvalue weighted by atomic mass is 35.5. The summed E-state index contributed by atoms with van der Waals surface area (Å²) in [5.41, 5.74) is 0.616. The fourth-order valence-corrected chi connectivity index (χ4v) is 2.07. The van der Waals surface area contributed by atoms with Gasteiger partial charge in [-0.2, -0.15) is 0 Å². The van der Waals surface area contributed by atoms with Gasteiger partial charge in [-0.3, -0.25) is 4.79 Å². The van der Waals surface area contributed by atoms with Gasteiger partial charge in [0, 0.05) is 23.2 Å². The number of amides is 1. The summed E-state index contributed by atoms with van der Waals surface area (Å²) in [4.78, 5) is 11.8. The molecule has 0 bridgehead atoms. The Hall–Kier alpha value is -1.06. The Balaban J connectivity index is 1.87. The molecule has 4 heteroatoms. The zero-order chi connectivity index (χ0) is 11.4. The topological polar surface area (TPSA) is 41.1 Å². The van der Waals surface area contributed by atoms with Crippen molar-refractivity contribution in [3.05, 3.63) is 34.9 Å². The summed E-state index contributed by atoms with van der Waals surface area (Å²) in [5, 5.41) is 6.83. The van der Waals surface area contributed by atoms with Crippen molar-refractivity contribution in [3.8, 4) is 0 Å². The van der Waals surface area contributed by atoms with Gasteiger partial charge in [-0.15, -0.1) is 0 Å². The standard InChI is InChI=1S/C12H15ClN2O/c13-10-4-1-3-9(7-10)12(16)15-8-11-5-2-6-14-11/h1,3-4,7,11,14H,2,5-6,8H2,(H,15,16). The molecule has 3 nitrogen and oxygen atoms in total. The van der Waals surface area contributed by atoms with Gasteiger partial charge in [0.05, 0.1) is 0 Å². The van der Waals surface area contributed by atoms with Gasteiger partial charge >= 0.3 is 0 Å². The molecule has 1 unspecified atom stereocenters. The molecule has 1 aliphatic rings. The molecule has 2 N–H and O–H groups in total. The van der Waals surface area contributed by atoms with Gasteiger partial charge in [0.15, 0.2) is 0 Å². The van der Waals surface area contributed by atoms with Crippen molar-refractivity contribution in [3.63, 3.8) is 0 Å². The molecule has 1 atom stereocenters. The lowest BCUT2D eigenvalue weighted by atomic mass is 10.2. The van der Waals surface area contributed by atoms with E-state index in [4.69, 9.17) is 11.6 Å². The van der Waals surface area contributed by atoms with E-state index in [2.05, 4.69) is 10.6 Å². The van der Waals surface area contributed by atoms with Crippen molar-refractivity contribution in [1.82, 2.24) is 10.6 Å². The molecule has 1 aromatic carbocycles. The summed E-state index contributed by atoms with van der Waals surface area (Å²) < 4.78 is 0. The van der Waals surface area contributed by atoms with Crippen molar-refractivity contribution in [1.29, 1.82) is 0 Å². The first-order chi connectivity index (χ1) is 7.75. The van der Waals surface area contributed by atoms with Crippen LogP contribution in [0.5, 0.6) is 0 Å². The monoisotopic (exact) mass is 238 g/mol. The van der Waals surface area contributed by atoms with Crippen molar-refractivity contribution < 1.29 is 4.79 Å². The van der Waals surface area contributed by atoms with Gasteiger partial charge in [0.1, 0.15) is 0 Å². The normalized spacial score (nSPS) is 19.7. The Labute approximate surface area is 100 Å². The zero-order valence-corrected chi connectivity index (χ0v) is 9.76. The van der Waals surface area contributed by atoms with Crippen LogP contribution in [0.3, 0.4) is 0 Å². The molecule has 1 aliphatic heterocycles. The molecule has 2 rings (SSSR count). The Morgan fingerprint density at radius 1 is 1.56 bits per heavy atom. The van der Waals surface area contributed by atoms with E-state index in [0.717, 1.165) is 13.0 Å². The van der Waals surface area contributed by atoms with Crippen LogP contribution in [0.25, 0.3) is 0 Å². The van der Waals surface area contributed by atoms with E-state index in [-0.39, 0.29) is 5.91 Å². The van der Waals surface area contributed by atoms with Crippen LogP contribution in [0, 0.1) is 0 Å². The summed E-state index contributed by atoms with van der Waals surface area (Å²) >= 11 is 5.82. The van der Waals surface area contributed by atoms with Crippen LogP contribution in [-0.2, 0) is 0 Å². The largest absolute Gasteiger partial charge is 0.350 e. The molecule has 0 saturated carbocycles. The summed E-state index contributed by atoms with van der Waals surface area (Å²) in [6, 6.07) is 7.41. The second kappa shape index (κ2) is 5.32. The molecular formula is C12H15ClN2O. The van der Waals surface area contributed by atoms with E-state index in [1.807, 2.05) is 0 Å². The SMILES string of the molecule is O=C(NCC1CCCN1)c1cccc(Cl)c1. The highest BCUT2D eigenvalue weighted by Crippen LogP contribution is 2.10. The average molecular weight is 239 g/mol. The maximum absolute atomic E-state index is 11.8. The number of hydrogen-bond donors (Lipinski definition) is 2. The minimum atomic E-state index is -0.0591. The van der Waals surface area contributed by atoms with Gasteiger partial charge in [-0.1, -0.05) is 17.7 Å². The van der Waals surface area contributed by atoms with E-state index in [1.165, 1.54) is 6.42 Å². The summed E-state index contributed by atoms with van der Waals surface area (Å²) in [7, 11) is 0. The van der Waals surface area contributed by atoms with Gasteiger partial charge in [-0.25, -0.2) is 0 Å². The Morgan fingerprint density at radius 2 is 2.44 bits per heavy atom. The molecule has 1 heterocycles. The maximum Gasteiger partial charge on any atom is 0.251 e. The first-order valence-electron chi connectivity index (χ1n) is 5.53. The number of hydrogen-bond acceptors (Lipinski definition) is 2. The second-order valence-corrected chi connectivity index (χ2v) is 4.45. The van der Waals surface area contributed by atoms with Crippen LogP contribution in [0.1, 0.15) is 23.2 Å². The molecule has 1 aromatic rings. The van der Waals surface area contributed by atoms with Crippen LogP contribution in [0.2, 0.25) is 5.02 Å². The minimum Gasteiger partial charge on any atom is -0.350 e. The lowest BCUT2D eigenvalue weighted by Crippen LogP contribution is -2.37. The Morgan fingerprint density at radius 3 is 3.12 bits per heavy atom. The smallest absolute Gasteiger partial charge is 0.251 e. The van der Waals surface area contributed by atoms with Gasteiger partial charge in [-0.05, 0) is 37.6 Å². The third-order valence-corrected chi connectivity index (χ3v) is 2.99. The minimum absolute atomic E-state index is 0.0591. The van der Waals surface area contributed by atoms with E-state index in [1.54, 1.807) is 24.3 Å². The van der Waals surface area contributed by atoms with Crippen LogP contribution in [0.4, 0.5) is 0 Å². The van der Waals surface area contributed by atoms with Gasteiger partial charge < -0.3 is 10.6 Å². The highest BCUT2D eigenvalue weighted by Gasteiger charge is 2.15. The maximum atomic E-state index is 11.8. The summed E-state index contributed by atoms with van der Waals surface area (Å²) in [6.45, 7) is 1.74. The molecule has 0 aliphatic carbocycles. The molecular weight excluding hydrogens is 224 g/mol. The average Bonchev–Trinajstić information content (AvgIpc) is 2.78. The fourth-order valence-electron chi connectivity index (χ4n) is 1.88. The third kappa shape index (κ3) is 2.97. The number of carbonyl (C=O) groups excluding carboxylic acids is 1. The second-order valence-electron chi connectivity index (χ2n) is 4.01. The molecule has 0 spiro atoms. The fraction of sp³-hybridized carbons (Fsp3) is 0.417. The lowest BCUT2D eigenvalue weighted by Gasteiger charge is -2.11. The van der Waals surface area contributed by atoms with Gasteiger partial charge in [0.2, 0.25) is 0 Å². The van der Waals surface area contributed by atoms with E-state index < -0.39 is 0 Å². The van der Waals surface area contributed by atoms with Crippen molar-refractivity contribution in [2.75, 3.05) is 13.1 Å². The van der Waals surface area contributed by atoms with Crippen molar-refractivity contribution in [2.45, 2.75) is 18.9 Å². The summed E-state index contributed by atoms with van der Waals surface area (Å²) in [6.07, 6.45) is 2.33. The predicted octanol–water partition coefficient (Wildman–Crippen LogP) is 1.82. The predicted molar refractivity (Wildman–Crippen MR) is 64.8 cm³/mol. The quantitative estimate of drug-likeness (QED) is 0.844. The number of halogens is 1. The number of rotatable bonds is 3. The Kier molecular flexibility index (Phi) is 3.80. The molecule has 16 heavy (non-hydrogen) atoms. The Bertz CT molecular complexity index is 375. The first-order valence-corrected chi connectivity index (χ1v) is 5.90. The molecule has 1 amide bonds. The molecule has 0 aromatic heterocycles. The highest BCUT2D eigenvalue weighted by molar-refractivity contribution is 6.30. The molecule has 1 saturated heterocycles. The summed E-state index contributed by atoms with van der Waals surface area (Å²) in [5.74, 6) is -0.0591. The zero-order valence-electron chi connectivity index (χ0n) is 9.00. The van der Waals surface area contributed by atoms with Crippen molar-refractivity contribution >= 4 is 17.5 Å². The van der Waals surface area contributed by atoms with E-state index >= 15 is 0 Å². The van der Waals surface area contributed by atoms with Crippen LogP contribution >= 0.6 is 11.6 Å². The van der Waals surface area contributed by atoms with E-state index in [0.29, 0.717) is 23.2 Å². The van der Waals surface area contributed by atoms with Crippen LogP contribution in [0.15, 0.2) is 24.3 Å². The molecule has 1 fully saturated rings. The number of benzene rings is 1. The van der Waals surface area contributed by atoms with Crippen molar-refractivity contribution in [2.24, 2.45) is 0 Å². The first kappa shape index (κ1) is 11.4. The molecule has 86 valence electrons. The van der Waals surface area contributed by atoms with E-state index in [9.17, 15) is 4.79 Å². The van der Waals surface area contributed by atoms with Crippen LogP contribution < -0.4 is 10.6 Å². The lowest BCUT2D eigenvalue weighted by molar-refractivity contribution is 0.0950. The number of nitrogens with one attached hydrogen (secondary N) is 2. The van der Waals surface area contributed by atoms with Gasteiger partial charge in [0.25, 0.3) is 5.91 Å². The number of carbonyl (C=O) groups is 1. The molecule has 0 radical (unpaired) electrons. The van der Waals surface area contributed by atoms with Crippen LogP contribution in [-0.4, -0.2) is 25.0 Å².